The maximum atomic E-state index is 13.2. The van der Waals surface area contributed by atoms with E-state index in [1.54, 1.807) is 6.07 Å². The summed E-state index contributed by atoms with van der Waals surface area (Å²) in [7, 11) is 0. The highest BCUT2D eigenvalue weighted by atomic mass is 19.1. The summed E-state index contributed by atoms with van der Waals surface area (Å²) in [6.07, 6.45) is 0.0538. The van der Waals surface area contributed by atoms with Gasteiger partial charge in [-0.1, -0.05) is 0 Å². The van der Waals surface area contributed by atoms with Crippen LogP contribution in [-0.4, -0.2) is 17.6 Å². The van der Waals surface area contributed by atoms with Crippen molar-refractivity contribution in [3.8, 4) is 0 Å². The third kappa shape index (κ3) is 2.93. The first-order valence-electron chi connectivity index (χ1n) is 6.12. The van der Waals surface area contributed by atoms with Crippen molar-refractivity contribution in [1.82, 2.24) is 5.32 Å². The number of fused-ring (bicyclic) bond motifs is 1. The van der Waals surface area contributed by atoms with Crippen LogP contribution in [0.25, 0.3) is 11.0 Å². The molecule has 0 aliphatic heterocycles. The maximum Gasteiger partial charge on any atom is 0.304 e. The van der Waals surface area contributed by atoms with E-state index in [9.17, 15) is 9.18 Å². The quantitative estimate of drug-likeness (QED) is 0.872. The molecular formula is C14H16FNO3. The first kappa shape index (κ1) is 13.5. The molecule has 1 heterocycles. The van der Waals surface area contributed by atoms with Crippen molar-refractivity contribution in [1.29, 1.82) is 0 Å². The van der Waals surface area contributed by atoms with Crippen molar-refractivity contribution in [2.75, 3.05) is 6.54 Å². The molecule has 19 heavy (non-hydrogen) atoms. The van der Waals surface area contributed by atoms with E-state index < -0.39 is 5.97 Å². The molecule has 4 nitrogen and oxygen atoms in total. The summed E-state index contributed by atoms with van der Waals surface area (Å²) in [6, 6.07) is 4.29. The van der Waals surface area contributed by atoms with Crippen molar-refractivity contribution >= 4 is 16.9 Å². The average molecular weight is 265 g/mol. The minimum Gasteiger partial charge on any atom is -0.481 e. The molecule has 0 radical (unpaired) electrons. The van der Waals surface area contributed by atoms with Gasteiger partial charge in [0.05, 0.1) is 12.5 Å². The molecule has 1 aromatic heterocycles. The predicted molar refractivity (Wildman–Crippen MR) is 69.6 cm³/mol. The van der Waals surface area contributed by atoms with Crippen LogP contribution in [-0.2, 0) is 4.79 Å². The van der Waals surface area contributed by atoms with Gasteiger partial charge in [-0.3, -0.25) is 4.79 Å². The van der Waals surface area contributed by atoms with Gasteiger partial charge in [-0.05, 0) is 32.0 Å². The van der Waals surface area contributed by atoms with Gasteiger partial charge in [0, 0.05) is 17.5 Å². The topological polar surface area (TPSA) is 62.5 Å². The number of benzene rings is 1. The lowest BCUT2D eigenvalue weighted by atomic mass is 10.1. The van der Waals surface area contributed by atoms with Gasteiger partial charge in [0.2, 0.25) is 0 Å². The molecule has 2 aromatic rings. The Kier molecular flexibility index (Phi) is 3.85. The highest BCUT2D eigenvalue weighted by Crippen LogP contribution is 2.29. The summed E-state index contributed by atoms with van der Waals surface area (Å²) in [5.41, 5.74) is 1.52. The van der Waals surface area contributed by atoms with Crippen LogP contribution in [0.3, 0.4) is 0 Å². The molecule has 0 saturated carbocycles. The number of carboxylic acid groups (broad SMARTS) is 1. The van der Waals surface area contributed by atoms with Crippen molar-refractivity contribution in [3.05, 3.63) is 35.3 Å². The number of aliphatic carboxylic acids is 1. The maximum absolute atomic E-state index is 13.2. The number of halogens is 1. The number of hydrogen-bond acceptors (Lipinski definition) is 3. The second-order valence-corrected chi connectivity index (χ2v) is 4.55. The first-order valence-corrected chi connectivity index (χ1v) is 6.12. The van der Waals surface area contributed by atoms with E-state index in [0.29, 0.717) is 17.9 Å². The van der Waals surface area contributed by atoms with E-state index in [1.165, 1.54) is 12.1 Å². The normalized spacial score (nSPS) is 12.8. The molecule has 0 aliphatic rings. The molecule has 5 heteroatoms. The van der Waals surface area contributed by atoms with E-state index in [4.69, 9.17) is 9.52 Å². The molecule has 0 fully saturated rings. The lowest BCUT2D eigenvalue weighted by Crippen LogP contribution is -2.22. The zero-order valence-electron chi connectivity index (χ0n) is 10.9. The zero-order valence-corrected chi connectivity index (χ0v) is 10.9. The number of carboxylic acids is 1. The molecule has 1 aromatic carbocycles. The first-order chi connectivity index (χ1) is 8.99. The molecule has 0 spiro atoms. The second-order valence-electron chi connectivity index (χ2n) is 4.55. The Labute approximate surface area is 110 Å². The van der Waals surface area contributed by atoms with Crippen LogP contribution in [0, 0.1) is 12.7 Å². The third-order valence-corrected chi connectivity index (χ3v) is 3.12. The minimum absolute atomic E-state index is 0.0538. The summed E-state index contributed by atoms with van der Waals surface area (Å²) >= 11 is 0. The Bertz CT molecular complexity index is 606. The van der Waals surface area contributed by atoms with E-state index in [0.717, 1.165) is 10.9 Å². The molecule has 0 amide bonds. The molecule has 2 N–H and O–H groups in total. The molecule has 0 bridgehead atoms. The lowest BCUT2D eigenvalue weighted by Gasteiger charge is -2.11. The Balaban J connectivity index is 2.20. The minimum atomic E-state index is -0.844. The predicted octanol–water partition coefficient (Wildman–Crippen LogP) is 3.01. The van der Waals surface area contributed by atoms with Gasteiger partial charge in [0.15, 0.2) is 0 Å². The average Bonchev–Trinajstić information content (AvgIpc) is 2.66. The smallest absolute Gasteiger partial charge is 0.304 e. The second kappa shape index (κ2) is 5.40. The molecular weight excluding hydrogens is 249 g/mol. The highest BCUT2D eigenvalue weighted by Gasteiger charge is 2.16. The van der Waals surface area contributed by atoms with Crippen molar-refractivity contribution in [3.63, 3.8) is 0 Å². The van der Waals surface area contributed by atoms with Crippen molar-refractivity contribution in [2.24, 2.45) is 0 Å². The molecule has 102 valence electrons. The van der Waals surface area contributed by atoms with Crippen LogP contribution in [0.1, 0.15) is 30.7 Å². The van der Waals surface area contributed by atoms with E-state index in [1.807, 2.05) is 13.8 Å². The SMILES string of the molecule is Cc1c(C(C)NCCC(=O)O)oc2ccc(F)cc12. The molecule has 0 aliphatic carbocycles. The molecule has 2 rings (SSSR count). The fraction of sp³-hybridized carbons (Fsp3) is 0.357. The van der Waals surface area contributed by atoms with Gasteiger partial charge in [-0.25, -0.2) is 4.39 Å². The highest BCUT2D eigenvalue weighted by molar-refractivity contribution is 5.82. The van der Waals surface area contributed by atoms with Crippen LogP contribution in [0.2, 0.25) is 0 Å². The number of carbonyl (C=O) groups is 1. The summed E-state index contributed by atoms with van der Waals surface area (Å²) in [6.45, 7) is 4.13. The van der Waals surface area contributed by atoms with Crippen LogP contribution < -0.4 is 5.32 Å². The van der Waals surface area contributed by atoms with Gasteiger partial charge in [0.25, 0.3) is 0 Å². The number of nitrogens with one attached hydrogen (secondary N) is 1. The Morgan fingerprint density at radius 2 is 2.26 bits per heavy atom. The van der Waals surface area contributed by atoms with Gasteiger partial charge in [-0.2, -0.15) is 0 Å². The number of furan rings is 1. The van der Waals surface area contributed by atoms with Crippen LogP contribution in [0.15, 0.2) is 22.6 Å². The van der Waals surface area contributed by atoms with Crippen LogP contribution in [0.4, 0.5) is 4.39 Å². The summed E-state index contributed by atoms with van der Waals surface area (Å²) in [5, 5.41) is 12.4. The standard InChI is InChI=1S/C14H16FNO3/c1-8-11-7-10(15)3-4-12(11)19-14(8)9(2)16-6-5-13(17)18/h3-4,7,9,16H,5-6H2,1-2H3,(H,17,18). The largest absolute Gasteiger partial charge is 0.481 e. The summed E-state index contributed by atoms with van der Waals surface area (Å²) in [4.78, 5) is 10.5. The third-order valence-electron chi connectivity index (χ3n) is 3.12. The number of aryl methyl sites for hydroxylation is 1. The lowest BCUT2D eigenvalue weighted by molar-refractivity contribution is -0.136. The van der Waals surface area contributed by atoms with E-state index in [2.05, 4.69) is 5.32 Å². The molecule has 1 atom stereocenters. The summed E-state index contributed by atoms with van der Waals surface area (Å²) < 4.78 is 18.9. The fourth-order valence-corrected chi connectivity index (χ4v) is 2.11. The van der Waals surface area contributed by atoms with Crippen LogP contribution >= 0.6 is 0 Å². The fourth-order valence-electron chi connectivity index (χ4n) is 2.11. The van der Waals surface area contributed by atoms with E-state index >= 15 is 0 Å². The van der Waals surface area contributed by atoms with Gasteiger partial charge >= 0.3 is 5.97 Å². The zero-order chi connectivity index (χ0) is 14.0. The van der Waals surface area contributed by atoms with Gasteiger partial charge < -0.3 is 14.8 Å². The Morgan fingerprint density at radius 3 is 2.95 bits per heavy atom. The molecule has 1 unspecified atom stereocenters. The monoisotopic (exact) mass is 265 g/mol. The van der Waals surface area contributed by atoms with Crippen molar-refractivity contribution in [2.45, 2.75) is 26.3 Å². The van der Waals surface area contributed by atoms with Crippen molar-refractivity contribution < 1.29 is 18.7 Å². The van der Waals surface area contributed by atoms with E-state index in [-0.39, 0.29) is 18.3 Å². The Morgan fingerprint density at radius 1 is 1.53 bits per heavy atom. The number of hydrogen-bond donors (Lipinski definition) is 2. The van der Waals surface area contributed by atoms with Crippen LogP contribution in [0.5, 0.6) is 0 Å². The van der Waals surface area contributed by atoms with Gasteiger partial charge in [-0.15, -0.1) is 0 Å². The molecule has 0 saturated heterocycles. The van der Waals surface area contributed by atoms with Gasteiger partial charge in [0.1, 0.15) is 17.2 Å². The number of rotatable bonds is 5. The Hall–Kier alpha value is -1.88. The summed E-state index contributed by atoms with van der Waals surface area (Å²) in [5.74, 6) is -0.427.